The second-order valence-electron chi connectivity index (χ2n) is 6.21. The van der Waals surface area contributed by atoms with Crippen LogP contribution in [0.15, 0.2) is 30.3 Å². The first-order valence-electron chi connectivity index (χ1n) is 8.31. The summed E-state index contributed by atoms with van der Waals surface area (Å²) in [4.78, 5) is 12.2. The van der Waals surface area contributed by atoms with E-state index in [0.717, 1.165) is 0 Å². The van der Waals surface area contributed by atoms with Crippen molar-refractivity contribution in [2.24, 2.45) is 5.92 Å². The summed E-state index contributed by atoms with van der Waals surface area (Å²) in [7, 11) is 0. The van der Waals surface area contributed by atoms with Crippen LogP contribution in [0.2, 0.25) is 0 Å². The normalized spacial score (nSPS) is 18.1. The van der Waals surface area contributed by atoms with Gasteiger partial charge in [0.25, 0.3) is 5.91 Å². The fourth-order valence-corrected chi connectivity index (χ4v) is 2.87. The molecule has 0 fully saturated rings. The Balaban J connectivity index is 1.56. The summed E-state index contributed by atoms with van der Waals surface area (Å²) in [6.07, 6.45) is -5.13. The highest BCUT2D eigenvalue weighted by Gasteiger charge is 2.42. The van der Waals surface area contributed by atoms with Gasteiger partial charge in [-0.3, -0.25) is 4.79 Å². The molecule has 2 atom stereocenters. The van der Waals surface area contributed by atoms with Gasteiger partial charge in [-0.15, -0.1) is 10.2 Å². The van der Waals surface area contributed by atoms with Gasteiger partial charge < -0.3 is 14.6 Å². The van der Waals surface area contributed by atoms with Crippen LogP contribution in [0.5, 0.6) is 5.75 Å². The van der Waals surface area contributed by atoms with Gasteiger partial charge in [0.05, 0.1) is 12.5 Å². The van der Waals surface area contributed by atoms with Crippen molar-refractivity contribution in [3.8, 4) is 5.75 Å². The van der Waals surface area contributed by atoms with Crippen LogP contribution in [-0.4, -0.2) is 33.0 Å². The number of fused-ring (bicyclic) bond motifs is 1. The monoisotopic (exact) mass is 368 g/mol. The number of rotatable bonds is 5. The Labute approximate surface area is 148 Å². The highest BCUT2D eigenvalue weighted by molar-refractivity contribution is 5.80. The van der Waals surface area contributed by atoms with Crippen LogP contribution in [-0.2, 0) is 24.3 Å². The van der Waals surface area contributed by atoms with Crippen LogP contribution in [0.4, 0.5) is 13.2 Å². The average molecular weight is 368 g/mol. The van der Waals surface area contributed by atoms with E-state index in [2.05, 4.69) is 15.5 Å². The van der Waals surface area contributed by atoms with Gasteiger partial charge in [-0.1, -0.05) is 18.2 Å². The first-order valence-corrected chi connectivity index (χ1v) is 8.31. The fourth-order valence-electron chi connectivity index (χ4n) is 2.87. The number of ether oxygens (including phenoxy) is 1. The van der Waals surface area contributed by atoms with E-state index in [9.17, 15) is 18.0 Å². The van der Waals surface area contributed by atoms with Gasteiger partial charge in [0, 0.05) is 13.0 Å². The van der Waals surface area contributed by atoms with Crippen molar-refractivity contribution in [2.75, 3.05) is 0 Å². The molecular formula is C17H19F3N4O2. The molecule has 26 heavy (non-hydrogen) atoms. The number of halogens is 3. The van der Waals surface area contributed by atoms with E-state index in [1.54, 1.807) is 35.8 Å². The van der Waals surface area contributed by atoms with Crippen LogP contribution in [0.3, 0.4) is 0 Å². The molecule has 1 N–H and O–H groups in total. The van der Waals surface area contributed by atoms with Crippen molar-refractivity contribution in [3.05, 3.63) is 42.0 Å². The van der Waals surface area contributed by atoms with Crippen molar-refractivity contribution < 1.29 is 22.7 Å². The van der Waals surface area contributed by atoms with Crippen molar-refractivity contribution in [3.63, 3.8) is 0 Å². The van der Waals surface area contributed by atoms with Crippen molar-refractivity contribution in [2.45, 2.75) is 45.1 Å². The summed E-state index contributed by atoms with van der Waals surface area (Å²) in [5, 5.41) is 10.4. The molecule has 0 unspecified atom stereocenters. The number of carbonyl (C=O) groups excluding carboxylic acids is 1. The summed E-state index contributed by atoms with van der Waals surface area (Å²) >= 11 is 0. The minimum absolute atomic E-state index is 0.0109. The lowest BCUT2D eigenvalue weighted by atomic mass is 9.97. The number of carbonyl (C=O) groups is 1. The second kappa shape index (κ2) is 7.35. The molecule has 0 spiro atoms. The SMILES string of the molecule is C[C@@H](Oc1ccccc1)C(=O)NCc1nnc2n1CC[C@H](C(F)(F)F)C2. The van der Waals surface area contributed by atoms with Gasteiger partial charge in [0.1, 0.15) is 11.6 Å². The second-order valence-corrected chi connectivity index (χ2v) is 6.21. The Morgan fingerprint density at radius 1 is 1.35 bits per heavy atom. The number of amides is 1. The van der Waals surface area contributed by atoms with Crippen molar-refractivity contribution in [1.29, 1.82) is 0 Å². The zero-order valence-corrected chi connectivity index (χ0v) is 14.2. The standard InChI is InChI=1S/C17H19F3N4O2/c1-11(26-13-5-3-2-4-6-13)16(25)21-10-15-23-22-14-9-12(17(18,19)20)7-8-24(14)15/h2-6,11-12H,7-10H2,1H3,(H,21,25)/t11-,12+/m1/s1. The van der Waals surface area contributed by atoms with Gasteiger partial charge in [-0.05, 0) is 25.5 Å². The number of nitrogens with zero attached hydrogens (tertiary/aromatic N) is 3. The molecule has 0 saturated heterocycles. The summed E-state index contributed by atoms with van der Waals surface area (Å²) in [5.74, 6) is -0.401. The minimum Gasteiger partial charge on any atom is -0.481 e. The molecule has 140 valence electrons. The van der Waals surface area contributed by atoms with E-state index in [1.165, 1.54) is 0 Å². The lowest BCUT2D eigenvalue weighted by Gasteiger charge is -2.25. The highest BCUT2D eigenvalue weighted by atomic mass is 19.4. The van der Waals surface area contributed by atoms with E-state index >= 15 is 0 Å². The van der Waals surface area contributed by atoms with E-state index in [1.807, 2.05) is 6.07 Å². The van der Waals surface area contributed by atoms with Gasteiger partial charge >= 0.3 is 6.18 Å². The summed E-state index contributed by atoms with van der Waals surface area (Å²) in [6.45, 7) is 1.90. The molecule has 6 nitrogen and oxygen atoms in total. The van der Waals surface area contributed by atoms with Crippen LogP contribution < -0.4 is 10.1 Å². The molecule has 1 aliphatic rings. The van der Waals surface area contributed by atoms with Gasteiger partial charge in [0.2, 0.25) is 0 Å². The quantitative estimate of drug-likeness (QED) is 0.880. The molecule has 1 aromatic carbocycles. The summed E-state index contributed by atoms with van der Waals surface area (Å²) in [5.41, 5.74) is 0. The smallest absolute Gasteiger partial charge is 0.392 e. The number of hydrogen-bond acceptors (Lipinski definition) is 4. The van der Waals surface area contributed by atoms with Gasteiger partial charge in [-0.25, -0.2) is 0 Å². The lowest BCUT2D eigenvalue weighted by molar-refractivity contribution is -0.179. The number of hydrogen-bond donors (Lipinski definition) is 1. The molecule has 2 aromatic rings. The molecule has 9 heteroatoms. The third-order valence-electron chi connectivity index (χ3n) is 4.34. The predicted octanol–water partition coefficient (Wildman–Crippen LogP) is 2.49. The lowest BCUT2D eigenvalue weighted by Crippen LogP contribution is -2.37. The molecule has 3 rings (SSSR count). The number of aromatic nitrogens is 3. The minimum atomic E-state index is -4.23. The Hall–Kier alpha value is -2.58. The Morgan fingerprint density at radius 3 is 2.77 bits per heavy atom. The summed E-state index contributed by atoms with van der Waals surface area (Å²) < 4.78 is 45.7. The maximum atomic E-state index is 12.8. The molecular weight excluding hydrogens is 349 g/mol. The van der Waals surface area contributed by atoms with Crippen LogP contribution in [0.1, 0.15) is 25.0 Å². The highest BCUT2D eigenvalue weighted by Crippen LogP contribution is 2.34. The Morgan fingerprint density at radius 2 is 2.08 bits per heavy atom. The zero-order chi connectivity index (χ0) is 18.7. The maximum Gasteiger partial charge on any atom is 0.392 e. The van der Waals surface area contributed by atoms with Crippen LogP contribution in [0.25, 0.3) is 0 Å². The summed E-state index contributed by atoms with van der Waals surface area (Å²) in [6, 6.07) is 8.94. The number of benzene rings is 1. The third kappa shape index (κ3) is 4.14. The molecule has 0 bridgehead atoms. The van der Waals surface area contributed by atoms with E-state index in [4.69, 9.17) is 4.74 Å². The van der Waals surface area contributed by atoms with Crippen LogP contribution >= 0.6 is 0 Å². The van der Waals surface area contributed by atoms with Gasteiger partial charge in [0.15, 0.2) is 11.9 Å². The number of alkyl halides is 3. The van der Waals surface area contributed by atoms with Crippen molar-refractivity contribution in [1.82, 2.24) is 20.1 Å². The van der Waals surface area contributed by atoms with Gasteiger partial charge in [-0.2, -0.15) is 13.2 Å². The molecule has 2 heterocycles. The number of nitrogens with one attached hydrogen (secondary N) is 1. The molecule has 0 saturated carbocycles. The largest absolute Gasteiger partial charge is 0.481 e. The number of para-hydroxylation sites is 1. The van der Waals surface area contributed by atoms with Crippen molar-refractivity contribution >= 4 is 5.91 Å². The zero-order valence-electron chi connectivity index (χ0n) is 14.2. The predicted molar refractivity (Wildman–Crippen MR) is 86.3 cm³/mol. The van der Waals surface area contributed by atoms with E-state index in [0.29, 0.717) is 17.4 Å². The average Bonchev–Trinajstić information content (AvgIpc) is 3.02. The molecule has 1 aromatic heterocycles. The van der Waals surface area contributed by atoms with E-state index < -0.39 is 18.2 Å². The maximum absolute atomic E-state index is 12.8. The van der Waals surface area contributed by atoms with E-state index in [-0.39, 0.29) is 31.8 Å². The first kappa shape index (κ1) is 18.2. The molecule has 1 aliphatic heterocycles. The molecule has 0 aliphatic carbocycles. The fraction of sp³-hybridized carbons (Fsp3) is 0.471. The topological polar surface area (TPSA) is 69.0 Å². The third-order valence-corrected chi connectivity index (χ3v) is 4.34. The Kier molecular flexibility index (Phi) is 5.15. The first-order chi connectivity index (χ1) is 12.3. The molecule has 0 radical (unpaired) electrons. The Bertz CT molecular complexity index is 761. The molecule has 1 amide bonds. The van der Waals surface area contributed by atoms with Crippen LogP contribution in [0, 0.1) is 5.92 Å².